The monoisotopic (exact) mass is 301 g/mol. The highest BCUT2D eigenvalue weighted by Gasteiger charge is 2.20. The Morgan fingerprint density at radius 2 is 2.15 bits per heavy atom. The van der Waals surface area contributed by atoms with E-state index in [1.165, 1.54) is 4.68 Å². The molecule has 1 aromatic rings. The molecule has 114 valence electrons. The van der Waals surface area contributed by atoms with Gasteiger partial charge in [-0.05, 0) is 31.6 Å². The fourth-order valence-corrected chi connectivity index (χ4v) is 2.63. The number of nitrogens with zero attached hydrogens (tertiary/aromatic N) is 2. The quantitative estimate of drug-likeness (QED) is 0.811. The van der Waals surface area contributed by atoms with Crippen molar-refractivity contribution in [3.63, 3.8) is 0 Å². The molecule has 0 aliphatic rings. The molecule has 0 aliphatic carbocycles. The van der Waals surface area contributed by atoms with E-state index in [2.05, 4.69) is 24.3 Å². The van der Waals surface area contributed by atoms with E-state index in [1.54, 1.807) is 14.0 Å². The van der Waals surface area contributed by atoms with Gasteiger partial charge >= 0.3 is 0 Å². The number of nitrogens with one attached hydrogen (secondary N) is 1. The zero-order valence-electron chi connectivity index (χ0n) is 12.6. The van der Waals surface area contributed by atoms with Gasteiger partial charge in [0.15, 0.2) is 0 Å². The summed E-state index contributed by atoms with van der Waals surface area (Å²) in [5, 5.41) is 16.4. The van der Waals surface area contributed by atoms with Crippen molar-refractivity contribution >= 4 is 17.5 Å². The molecule has 1 aromatic heterocycles. The van der Waals surface area contributed by atoms with E-state index in [9.17, 15) is 4.79 Å². The largest absolute Gasteiger partial charge is 0.396 e. The number of hydrogen-bond donors (Lipinski definition) is 2. The number of rotatable bonds is 7. The average Bonchev–Trinajstić information content (AvgIpc) is 2.60. The molecule has 1 amide bonds. The lowest BCUT2D eigenvalue weighted by Gasteiger charge is -2.18. The van der Waals surface area contributed by atoms with E-state index in [4.69, 9.17) is 16.7 Å². The molecular weight excluding hydrogens is 278 g/mol. The predicted molar refractivity (Wildman–Crippen MR) is 79.9 cm³/mol. The third kappa shape index (κ3) is 4.49. The Balaban J connectivity index is 2.65. The van der Waals surface area contributed by atoms with Gasteiger partial charge in [0.05, 0.1) is 11.3 Å². The van der Waals surface area contributed by atoms with E-state index < -0.39 is 0 Å². The molecule has 5 nitrogen and oxygen atoms in total. The number of aromatic nitrogens is 2. The van der Waals surface area contributed by atoms with E-state index in [0.717, 1.165) is 6.42 Å². The fourth-order valence-electron chi connectivity index (χ4n) is 2.37. The molecule has 6 heteroatoms. The molecule has 1 atom stereocenters. The lowest BCUT2D eigenvalue weighted by atomic mass is 9.94. The minimum Gasteiger partial charge on any atom is -0.396 e. The first-order valence-corrected chi connectivity index (χ1v) is 7.32. The highest BCUT2D eigenvalue weighted by Crippen LogP contribution is 2.19. The number of aliphatic hydroxyl groups excluding tert-OH is 1. The Hall–Kier alpha value is -1.07. The molecule has 2 N–H and O–H groups in total. The molecule has 1 unspecified atom stereocenters. The Kier molecular flexibility index (Phi) is 6.49. The smallest absolute Gasteiger partial charge is 0.256 e. The summed E-state index contributed by atoms with van der Waals surface area (Å²) < 4.78 is 1.49. The maximum atomic E-state index is 12.2. The van der Waals surface area contributed by atoms with Crippen LogP contribution in [0.4, 0.5) is 0 Å². The van der Waals surface area contributed by atoms with Crippen molar-refractivity contribution < 1.29 is 9.90 Å². The lowest BCUT2D eigenvalue weighted by Crippen LogP contribution is -2.30. The lowest BCUT2D eigenvalue weighted by molar-refractivity contribution is 0.0941. The third-order valence-electron chi connectivity index (χ3n) is 3.27. The van der Waals surface area contributed by atoms with Gasteiger partial charge in [-0.3, -0.25) is 9.48 Å². The molecule has 20 heavy (non-hydrogen) atoms. The van der Waals surface area contributed by atoms with Crippen LogP contribution in [0, 0.1) is 18.8 Å². The van der Waals surface area contributed by atoms with Gasteiger partial charge in [-0.2, -0.15) is 5.10 Å². The predicted octanol–water partition coefficient (Wildman–Crippen LogP) is 2.16. The van der Waals surface area contributed by atoms with E-state index in [0.29, 0.717) is 35.3 Å². The zero-order chi connectivity index (χ0) is 15.3. The molecule has 0 aromatic carbocycles. The Bertz CT molecular complexity index is 458. The maximum absolute atomic E-state index is 12.2. The number of halogens is 1. The summed E-state index contributed by atoms with van der Waals surface area (Å²) in [4.78, 5) is 12.2. The summed E-state index contributed by atoms with van der Waals surface area (Å²) in [5.74, 6) is 0.610. The van der Waals surface area contributed by atoms with Crippen LogP contribution in [0.1, 0.15) is 42.7 Å². The molecule has 0 spiro atoms. The molecule has 0 bridgehead atoms. The number of carbonyl (C=O) groups excluding carboxylic acids is 1. The van der Waals surface area contributed by atoms with Crippen molar-refractivity contribution in [2.24, 2.45) is 18.9 Å². The molecule has 1 rings (SSSR count). The van der Waals surface area contributed by atoms with Crippen LogP contribution in [-0.4, -0.2) is 33.9 Å². The van der Waals surface area contributed by atoms with Crippen LogP contribution in [-0.2, 0) is 7.05 Å². The first kappa shape index (κ1) is 17.0. The number of carbonyl (C=O) groups is 1. The van der Waals surface area contributed by atoms with Gasteiger partial charge in [0.1, 0.15) is 5.15 Å². The summed E-state index contributed by atoms with van der Waals surface area (Å²) in [5.41, 5.74) is 1.05. The molecule has 0 radical (unpaired) electrons. The standard InChI is InChI=1S/C14H24ClN3O2/c1-9(2)7-11(5-6-19)8-16-14(20)12-10(3)17-18(4)13(12)15/h9,11,19H,5-8H2,1-4H3,(H,16,20). The second-order valence-corrected chi connectivity index (χ2v) is 5.95. The summed E-state index contributed by atoms with van der Waals surface area (Å²) in [7, 11) is 1.71. The highest BCUT2D eigenvalue weighted by atomic mass is 35.5. The van der Waals surface area contributed by atoms with Crippen LogP contribution >= 0.6 is 11.6 Å². The number of aryl methyl sites for hydroxylation is 2. The summed E-state index contributed by atoms with van der Waals surface area (Å²) in [6.45, 7) is 6.71. The molecular formula is C14H24ClN3O2. The van der Waals surface area contributed by atoms with E-state index >= 15 is 0 Å². The van der Waals surface area contributed by atoms with Gasteiger partial charge in [0, 0.05) is 20.2 Å². The first-order valence-electron chi connectivity index (χ1n) is 6.95. The third-order valence-corrected chi connectivity index (χ3v) is 3.71. The fraction of sp³-hybridized carbons (Fsp3) is 0.714. The summed E-state index contributed by atoms with van der Waals surface area (Å²) in [6, 6.07) is 0. The second kappa shape index (κ2) is 7.64. The number of hydrogen-bond acceptors (Lipinski definition) is 3. The SMILES string of the molecule is Cc1nn(C)c(Cl)c1C(=O)NCC(CCO)CC(C)C. The van der Waals surface area contributed by atoms with Crippen LogP contribution < -0.4 is 5.32 Å². The summed E-state index contributed by atoms with van der Waals surface area (Å²) in [6.07, 6.45) is 1.67. The van der Waals surface area contributed by atoms with Crippen molar-refractivity contribution in [1.82, 2.24) is 15.1 Å². The molecule has 0 saturated heterocycles. The van der Waals surface area contributed by atoms with Crippen molar-refractivity contribution in [2.75, 3.05) is 13.2 Å². The first-order chi connectivity index (χ1) is 9.36. The maximum Gasteiger partial charge on any atom is 0.256 e. The molecule has 0 saturated carbocycles. The molecule has 1 heterocycles. The Morgan fingerprint density at radius 1 is 1.50 bits per heavy atom. The van der Waals surface area contributed by atoms with Gasteiger partial charge in [-0.1, -0.05) is 25.4 Å². The zero-order valence-corrected chi connectivity index (χ0v) is 13.4. The average molecular weight is 302 g/mol. The van der Waals surface area contributed by atoms with Crippen LogP contribution in [0.5, 0.6) is 0 Å². The van der Waals surface area contributed by atoms with Crippen LogP contribution in [0.25, 0.3) is 0 Å². The van der Waals surface area contributed by atoms with E-state index in [1.807, 2.05) is 0 Å². The number of amides is 1. The van der Waals surface area contributed by atoms with Crippen molar-refractivity contribution in [2.45, 2.75) is 33.6 Å². The van der Waals surface area contributed by atoms with Gasteiger partial charge in [-0.15, -0.1) is 0 Å². The normalized spacial score (nSPS) is 12.8. The molecule has 0 aliphatic heterocycles. The highest BCUT2D eigenvalue weighted by molar-refractivity contribution is 6.33. The van der Waals surface area contributed by atoms with Gasteiger partial charge in [0.25, 0.3) is 5.91 Å². The topological polar surface area (TPSA) is 67.2 Å². The number of aliphatic hydroxyl groups is 1. The van der Waals surface area contributed by atoms with Gasteiger partial charge < -0.3 is 10.4 Å². The van der Waals surface area contributed by atoms with Crippen LogP contribution in [0.2, 0.25) is 5.15 Å². The van der Waals surface area contributed by atoms with Crippen molar-refractivity contribution in [3.8, 4) is 0 Å². The van der Waals surface area contributed by atoms with Gasteiger partial charge in [0.2, 0.25) is 0 Å². The van der Waals surface area contributed by atoms with Crippen molar-refractivity contribution in [3.05, 3.63) is 16.4 Å². The van der Waals surface area contributed by atoms with Crippen LogP contribution in [0.3, 0.4) is 0 Å². The molecule has 0 fully saturated rings. The minimum atomic E-state index is -0.202. The van der Waals surface area contributed by atoms with Crippen LogP contribution in [0.15, 0.2) is 0 Å². The summed E-state index contributed by atoms with van der Waals surface area (Å²) >= 11 is 6.07. The van der Waals surface area contributed by atoms with Gasteiger partial charge in [-0.25, -0.2) is 0 Å². The second-order valence-electron chi connectivity index (χ2n) is 5.59. The Labute approximate surface area is 125 Å². The Morgan fingerprint density at radius 3 is 2.60 bits per heavy atom. The van der Waals surface area contributed by atoms with Crippen molar-refractivity contribution in [1.29, 1.82) is 0 Å². The minimum absolute atomic E-state index is 0.139. The van der Waals surface area contributed by atoms with E-state index in [-0.39, 0.29) is 18.4 Å².